The van der Waals surface area contributed by atoms with Gasteiger partial charge in [0.15, 0.2) is 6.61 Å². The molecule has 0 aliphatic heterocycles. The Morgan fingerprint density at radius 2 is 1.63 bits per heavy atom. The van der Waals surface area contributed by atoms with Crippen molar-refractivity contribution in [2.24, 2.45) is 0 Å². The fraction of sp³-hybridized carbons (Fsp3) is 0.167. The van der Waals surface area contributed by atoms with Crippen LogP contribution in [0.15, 0.2) is 60.7 Å². The maximum absolute atomic E-state index is 12.3. The van der Waals surface area contributed by atoms with Crippen LogP contribution in [0.1, 0.15) is 27.0 Å². The van der Waals surface area contributed by atoms with E-state index in [1.165, 1.54) is 0 Å². The van der Waals surface area contributed by atoms with E-state index in [-0.39, 0.29) is 18.4 Å². The number of hydrogen-bond acceptors (Lipinski definition) is 3. The third-order valence-electron chi connectivity index (χ3n) is 4.52. The van der Waals surface area contributed by atoms with Gasteiger partial charge in [0.1, 0.15) is 5.75 Å². The molecule has 0 saturated carbocycles. The number of aryl methyl sites for hydroxylation is 3. The second-order valence-corrected chi connectivity index (χ2v) is 7.49. The molecule has 2 amide bonds. The summed E-state index contributed by atoms with van der Waals surface area (Å²) in [4.78, 5) is 24.6. The number of rotatable bonds is 6. The van der Waals surface area contributed by atoms with Crippen LogP contribution in [0.3, 0.4) is 0 Å². The first kappa shape index (κ1) is 21.4. The number of ether oxygens (including phenoxy) is 1. The van der Waals surface area contributed by atoms with Crippen molar-refractivity contribution in [3.05, 3.63) is 87.9 Å². The summed E-state index contributed by atoms with van der Waals surface area (Å²) in [6.45, 7) is 5.54. The summed E-state index contributed by atoms with van der Waals surface area (Å²) in [7, 11) is 0. The van der Waals surface area contributed by atoms with Gasteiger partial charge in [-0.3, -0.25) is 9.59 Å². The first-order chi connectivity index (χ1) is 14.3. The molecule has 0 aliphatic rings. The molecule has 3 aromatic rings. The highest BCUT2D eigenvalue weighted by Gasteiger charge is 2.11. The minimum absolute atomic E-state index is 0.158. The van der Waals surface area contributed by atoms with Crippen molar-refractivity contribution in [1.82, 2.24) is 0 Å². The van der Waals surface area contributed by atoms with Crippen molar-refractivity contribution >= 4 is 34.8 Å². The molecule has 0 spiro atoms. The van der Waals surface area contributed by atoms with Gasteiger partial charge in [0.25, 0.3) is 11.8 Å². The molecule has 0 saturated heterocycles. The van der Waals surface area contributed by atoms with Gasteiger partial charge >= 0.3 is 0 Å². The molecule has 6 heteroatoms. The predicted molar refractivity (Wildman–Crippen MR) is 121 cm³/mol. The Morgan fingerprint density at radius 1 is 0.900 bits per heavy atom. The second-order valence-electron chi connectivity index (χ2n) is 7.08. The Bertz CT molecular complexity index is 1060. The molecule has 0 aliphatic carbocycles. The average molecular weight is 423 g/mol. The first-order valence-corrected chi connectivity index (χ1v) is 9.87. The van der Waals surface area contributed by atoms with Gasteiger partial charge in [-0.05, 0) is 73.9 Å². The van der Waals surface area contributed by atoms with Crippen LogP contribution in [-0.4, -0.2) is 18.4 Å². The Morgan fingerprint density at radius 3 is 2.30 bits per heavy atom. The Hall–Kier alpha value is -3.31. The number of anilines is 2. The van der Waals surface area contributed by atoms with E-state index in [9.17, 15) is 9.59 Å². The molecule has 30 heavy (non-hydrogen) atoms. The minimum Gasteiger partial charge on any atom is -0.482 e. The summed E-state index contributed by atoms with van der Waals surface area (Å²) >= 11 is 6.21. The van der Waals surface area contributed by atoms with E-state index in [0.29, 0.717) is 27.7 Å². The number of amides is 2. The normalized spacial score (nSPS) is 10.4. The average Bonchev–Trinajstić information content (AvgIpc) is 2.70. The zero-order valence-electron chi connectivity index (χ0n) is 17.1. The zero-order valence-corrected chi connectivity index (χ0v) is 17.8. The fourth-order valence-electron chi connectivity index (χ4n) is 3.09. The first-order valence-electron chi connectivity index (χ1n) is 9.50. The molecule has 0 atom stereocenters. The Balaban J connectivity index is 1.60. The predicted octanol–water partition coefficient (Wildman–Crippen LogP) is 5.54. The van der Waals surface area contributed by atoms with E-state index in [1.807, 2.05) is 45.0 Å². The lowest BCUT2D eigenvalue weighted by Gasteiger charge is -2.13. The summed E-state index contributed by atoms with van der Waals surface area (Å²) in [5, 5.41) is 6.16. The topological polar surface area (TPSA) is 67.4 Å². The molecule has 2 N–H and O–H groups in total. The van der Waals surface area contributed by atoms with Crippen molar-refractivity contribution in [3.8, 4) is 5.75 Å². The van der Waals surface area contributed by atoms with Crippen LogP contribution in [0, 0.1) is 20.8 Å². The molecule has 0 aromatic heterocycles. The van der Waals surface area contributed by atoms with Crippen molar-refractivity contribution in [3.63, 3.8) is 0 Å². The second kappa shape index (κ2) is 9.46. The van der Waals surface area contributed by atoms with Gasteiger partial charge in [0.2, 0.25) is 0 Å². The molecular formula is C24H23ClN2O3. The highest BCUT2D eigenvalue weighted by Crippen LogP contribution is 2.29. The van der Waals surface area contributed by atoms with Crippen molar-refractivity contribution in [2.45, 2.75) is 20.8 Å². The highest BCUT2D eigenvalue weighted by molar-refractivity contribution is 6.32. The molecule has 0 bridgehead atoms. The number of carbonyl (C=O) groups is 2. The number of hydrogen-bond donors (Lipinski definition) is 2. The van der Waals surface area contributed by atoms with Crippen LogP contribution in [0.25, 0.3) is 0 Å². The van der Waals surface area contributed by atoms with Gasteiger partial charge in [-0.25, -0.2) is 0 Å². The van der Waals surface area contributed by atoms with E-state index in [4.69, 9.17) is 16.3 Å². The largest absolute Gasteiger partial charge is 0.482 e. The Kier molecular flexibility index (Phi) is 6.75. The van der Waals surface area contributed by atoms with Gasteiger partial charge in [-0.2, -0.15) is 0 Å². The summed E-state index contributed by atoms with van der Waals surface area (Å²) in [6, 6.07) is 18.0. The lowest BCUT2D eigenvalue weighted by Crippen LogP contribution is -2.20. The molecule has 3 aromatic carbocycles. The van der Waals surface area contributed by atoms with Crippen LogP contribution in [0.5, 0.6) is 5.75 Å². The number of nitrogens with one attached hydrogen (secondary N) is 2. The summed E-state index contributed by atoms with van der Waals surface area (Å²) in [5.41, 5.74) is 4.61. The zero-order chi connectivity index (χ0) is 21.7. The third kappa shape index (κ3) is 5.39. The van der Waals surface area contributed by atoms with Gasteiger partial charge in [-0.15, -0.1) is 0 Å². The molecule has 5 nitrogen and oxygen atoms in total. The molecule has 0 radical (unpaired) electrons. The molecule has 3 rings (SSSR count). The van der Waals surface area contributed by atoms with Crippen LogP contribution >= 0.6 is 11.6 Å². The van der Waals surface area contributed by atoms with E-state index >= 15 is 0 Å². The van der Waals surface area contributed by atoms with Crippen LogP contribution in [-0.2, 0) is 4.79 Å². The molecule has 0 fully saturated rings. The molecule has 154 valence electrons. The van der Waals surface area contributed by atoms with Gasteiger partial charge in [0, 0.05) is 16.9 Å². The summed E-state index contributed by atoms with van der Waals surface area (Å²) in [5.74, 6) is 0.0216. The van der Waals surface area contributed by atoms with Crippen molar-refractivity contribution in [1.29, 1.82) is 0 Å². The third-order valence-corrected chi connectivity index (χ3v) is 4.80. The standard InChI is InChI=1S/C24H23ClN2O3/c1-15-11-17(3)23(20(25)12-15)30-14-22(28)26-19-9-10-21(16(2)13-19)27-24(29)18-7-5-4-6-8-18/h4-13H,14H2,1-3H3,(H,26,28)(H,27,29). The van der Waals surface area contributed by atoms with Crippen LogP contribution in [0.2, 0.25) is 5.02 Å². The molecule has 0 heterocycles. The van der Waals surface area contributed by atoms with Gasteiger partial charge in [-0.1, -0.05) is 35.9 Å². The van der Waals surface area contributed by atoms with E-state index < -0.39 is 0 Å². The summed E-state index contributed by atoms with van der Waals surface area (Å²) < 4.78 is 5.61. The lowest BCUT2D eigenvalue weighted by molar-refractivity contribution is -0.118. The van der Waals surface area contributed by atoms with E-state index in [0.717, 1.165) is 16.7 Å². The van der Waals surface area contributed by atoms with E-state index in [1.54, 1.807) is 36.4 Å². The number of benzene rings is 3. The Labute approximate surface area is 181 Å². The van der Waals surface area contributed by atoms with Gasteiger partial charge in [0.05, 0.1) is 5.02 Å². The lowest BCUT2D eigenvalue weighted by atomic mass is 10.1. The maximum atomic E-state index is 12.3. The molecular weight excluding hydrogens is 400 g/mol. The maximum Gasteiger partial charge on any atom is 0.262 e. The van der Waals surface area contributed by atoms with Crippen LogP contribution in [0.4, 0.5) is 11.4 Å². The van der Waals surface area contributed by atoms with Gasteiger partial charge < -0.3 is 15.4 Å². The monoisotopic (exact) mass is 422 g/mol. The highest BCUT2D eigenvalue weighted by atomic mass is 35.5. The minimum atomic E-state index is -0.300. The van der Waals surface area contributed by atoms with Crippen molar-refractivity contribution in [2.75, 3.05) is 17.2 Å². The summed E-state index contributed by atoms with van der Waals surface area (Å²) in [6.07, 6.45) is 0. The number of halogens is 1. The SMILES string of the molecule is Cc1cc(C)c(OCC(=O)Nc2ccc(NC(=O)c3ccccc3)c(C)c2)c(Cl)c1. The van der Waals surface area contributed by atoms with Crippen LogP contribution < -0.4 is 15.4 Å². The number of carbonyl (C=O) groups excluding carboxylic acids is 2. The fourth-order valence-corrected chi connectivity index (χ4v) is 3.46. The smallest absolute Gasteiger partial charge is 0.262 e. The van der Waals surface area contributed by atoms with E-state index in [2.05, 4.69) is 10.6 Å². The quantitative estimate of drug-likeness (QED) is 0.548. The van der Waals surface area contributed by atoms with Crippen molar-refractivity contribution < 1.29 is 14.3 Å². The molecule has 0 unspecified atom stereocenters.